The normalized spacial score (nSPS) is 24.9. The van der Waals surface area contributed by atoms with Gasteiger partial charge in [-0.1, -0.05) is 0 Å². The largest absolute Gasteiger partial charge is 0.367 e. The number of anilines is 1. The maximum atomic E-state index is 13.7. The highest BCUT2D eigenvalue weighted by Gasteiger charge is 2.39. The van der Waals surface area contributed by atoms with Crippen LogP contribution in [0.2, 0.25) is 0 Å². The molecule has 2 aliphatic rings. The van der Waals surface area contributed by atoms with Gasteiger partial charge in [-0.15, -0.1) is 11.3 Å². The average Bonchev–Trinajstić information content (AvgIpc) is 3.21. The van der Waals surface area contributed by atoms with E-state index in [0.717, 1.165) is 41.1 Å². The minimum absolute atomic E-state index is 0.0636. The van der Waals surface area contributed by atoms with Crippen LogP contribution in [0.1, 0.15) is 51.8 Å². The van der Waals surface area contributed by atoms with Crippen LogP contribution in [-0.4, -0.2) is 46.1 Å². The Kier molecular flexibility index (Phi) is 5.16. The van der Waals surface area contributed by atoms with Crippen LogP contribution in [0.15, 0.2) is 11.4 Å². The average molecular weight is 409 g/mol. The summed E-state index contributed by atoms with van der Waals surface area (Å²) >= 11 is 1.60. The second-order valence-electron chi connectivity index (χ2n) is 7.99. The smallest absolute Gasteiger partial charge is 0.260 e. The van der Waals surface area contributed by atoms with E-state index in [4.69, 9.17) is 0 Å². The number of fused-ring (bicyclic) bond motifs is 1. The number of rotatable bonds is 3. The van der Waals surface area contributed by atoms with Crippen molar-refractivity contribution in [2.24, 2.45) is 5.92 Å². The van der Waals surface area contributed by atoms with Crippen LogP contribution in [0.5, 0.6) is 0 Å². The third kappa shape index (κ3) is 3.43. The topological polar surface area (TPSA) is 50.2 Å². The molecule has 1 amide bonds. The highest BCUT2D eigenvalue weighted by molar-refractivity contribution is 7.10. The first-order valence-electron chi connectivity index (χ1n) is 9.80. The molecule has 0 aliphatic carbocycles. The Bertz CT molecular complexity index is 878. The van der Waals surface area contributed by atoms with Crippen molar-refractivity contribution in [2.75, 3.05) is 18.4 Å². The summed E-state index contributed by atoms with van der Waals surface area (Å²) in [5.74, 6) is 0.878. The molecule has 8 heteroatoms. The fraction of sp³-hybridized carbons (Fsp3) is 0.600. The van der Waals surface area contributed by atoms with Gasteiger partial charge in [0, 0.05) is 35.5 Å². The van der Waals surface area contributed by atoms with E-state index in [1.54, 1.807) is 11.3 Å². The van der Waals surface area contributed by atoms with Gasteiger partial charge in [0.05, 0.1) is 11.3 Å². The van der Waals surface area contributed by atoms with Crippen molar-refractivity contribution in [3.63, 3.8) is 0 Å². The number of carbonyl (C=O) groups is 1. The lowest BCUT2D eigenvalue weighted by atomic mass is 9.85. The summed E-state index contributed by atoms with van der Waals surface area (Å²) in [6.07, 6.45) is -0.296. The second kappa shape index (κ2) is 7.46. The van der Waals surface area contributed by atoms with Crippen molar-refractivity contribution < 1.29 is 13.6 Å². The zero-order chi connectivity index (χ0) is 20.0. The number of aryl methyl sites for hydroxylation is 2. The molecule has 0 radical (unpaired) electrons. The number of carbonyl (C=O) groups excluding carboxylic acids is 1. The van der Waals surface area contributed by atoms with Gasteiger partial charge in [0.2, 0.25) is 0 Å². The summed E-state index contributed by atoms with van der Waals surface area (Å²) in [7, 11) is 0. The number of thiophene rings is 1. The Hall–Kier alpha value is -1.96. The molecule has 4 heterocycles. The summed E-state index contributed by atoms with van der Waals surface area (Å²) in [5.41, 5.74) is 2.56. The van der Waals surface area contributed by atoms with E-state index in [9.17, 15) is 13.6 Å². The van der Waals surface area contributed by atoms with E-state index in [2.05, 4.69) is 10.4 Å². The first-order chi connectivity index (χ1) is 13.3. The number of amides is 1. The van der Waals surface area contributed by atoms with Crippen LogP contribution in [0.4, 0.5) is 14.6 Å². The molecule has 1 unspecified atom stereocenters. The van der Waals surface area contributed by atoms with Gasteiger partial charge in [-0.05, 0) is 51.5 Å². The number of likely N-dealkylation sites (tertiary alicyclic amines) is 1. The SMILES string of the molecule is Cc1cc2n(n1)[C@@H](C(F)F)C[C@@H](C1CCCN(C(=O)c3csc(C)c3C)C1)N2. The number of nitrogens with zero attached hydrogens (tertiary/aromatic N) is 3. The van der Waals surface area contributed by atoms with Crippen LogP contribution in [-0.2, 0) is 0 Å². The van der Waals surface area contributed by atoms with Crippen molar-refractivity contribution in [2.45, 2.75) is 58.5 Å². The highest BCUT2D eigenvalue weighted by atomic mass is 32.1. The lowest BCUT2D eigenvalue weighted by molar-refractivity contribution is 0.0505. The number of aromatic nitrogens is 2. The van der Waals surface area contributed by atoms with E-state index in [1.165, 1.54) is 4.68 Å². The molecule has 152 valence electrons. The van der Waals surface area contributed by atoms with Crippen LogP contribution < -0.4 is 5.32 Å². The molecule has 3 atom stereocenters. The van der Waals surface area contributed by atoms with Crippen molar-refractivity contribution in [1.29, 1.82) is 0 Å². The Morgan fingerprint density at radius 2 is 2.14 bits per heavy atom. The van der Waals surface area contributed by atoms with Gasteiger partial charge in [-0.2, -0.15) is 5.10 Å². The number of hydrogen-bond donors (Lipinski definition) is 1. The van der Waals surface area contributed by atoms with E-state index in [-0.39, 0.29) is 17.9 Å². The summed E-state index contributed by atoms with van der Waals surface area (Å²) in [6.45, 7) is 7.16. The zero-order valence-electron chi connectivity index (χ0n) is 16.4. The molecular weight excluding hydrogens is 382 g/mol. The van der Waals surface area contributed by atoms with E-state index < -0.39 is 12.5 Å². The number of hydrogen-bond acceptors (Lipinski definition) is 4. The predicted molar refractivity (Wildman–Crippen MR) is 106 cm³/mol. The Morgan fingerprint density at radius 1 is 1.36 bits per heavy atom. The minimum atomic E-state index is -2.46. The van der Waals surface area contributed by atoms with Crippen LogP contribution >= 0.6 is 11.3 Å². The summed E-state index contributed by atoms with van der Waals surface area (Å²) in [6, 6.07) is 0.830. The molecule has 28 heavy (non-hydrogen) atoms. The highest BCUT2D eigenvalue weighted by Crippen LogP contribution is 2.37. The molecular formula is C20H26F2N4OS. The maximum absolute atomic E-state index is 13.7. The third-order valence-electron chi connectivity index (χ3n) is 6.12. The molecule has 0 aromatic carbocycles. The van der Waals surface area contributed by atoms with Crippen molar-refractivity contribution in [3.05, 3.63) is 33.1 Å². The van der Waals surface area contributed by atoms with Gasteiger partial charge in [-0.3, -0.25) is 4.79 Å². The van der Waals surface area contributed by atoms with Crippen molar-refractivity contribution >= 4 is 23.1 Å². The number of nitrogens with one attached hydrogen (secondary N) is 1. The summed E-state index contributed by atoms with van der Waals surface area (Å²) in [4.78, 5) is 16.1. The molecule has 0 saturated carbocycles. The third-order valence-corrected chi connectivity index (χ3v) is 7.14. The van der Waals surface area contributed by atoms with Crippen LogP contribution in [0.25, 0.3) is 0 Å². The van der Waals surface area contributed by atoms with E-state index in [0.29, 0.717) is 18.8 Å². The van der Waals surface area contributed by atoms with Gasteiger partial charge in [0.25, 0.3) is 12.3 Å². The molecule has 2 aromatic heterocycles. The Balaban J connectivity index is 1.52. The van der Waals surface area contributed by atoms with Gasteiger partial charge < -0.3 is 10.2 Å². The Labute approximate surface area is 167 Å². The molecule has 1 N–H and O–H groups in total. The van der Waals surface area contributed by atoms with E-state index in [1.807, 2.05) is 37.1 Å². The minimum Gasteiger partial charge on any atom is -0.367 e. The fourth-order valence-electron chi connectivity index (χ4n) is 4.42. The molecule has 0 bridgehead atoms. The predicted octanol–water partition coefficient (Wildman–Crippen LogP) is 4.41. The second-order valence-corrected chi connectivity index (χ2v) is 9.07. The quantitative estimate of drug-likeness (QED) is 0.818. The lowest BCUT2D eigenvalue weighted by Crippen LogP contribution is -2.48. The molecule has 0 spiro atoms. The molecule has 1 saturated heterocycles. The molecule has 5 nitrogen and oxygen atoms in total. The molecule has 4 rings (SSSR count). The monoisotopic (exact) mass is 408 g/mol. The first-order valence-corrected chi connectivity index (χ1v) is 10.7. The maximum Gasteiger partial charge on any atom is 0.260 e. The number of piperidine rings is 1. The Morgan fingerprint density at radius 3 is 2.82 bits per heavy atom. The van der Waals surface area contributed by atoms with Crippen molar-refractivity contribution in [1.82, 2.24) is 14.7 Å². The molecule has 1 fully saturated rings. The molecule has 2 aliphatic heterocycles. The molecule has 2 aromatic rings. The van der Waals surface area contributed by atoms with Gasteiger partial charge in [0.1, 0.15) is 11.9 Å². The van der Waals surface area contributed by atoms with Gasteiger partial charge in [0.15, 0.2) is 0 Å². The fourth-order valence-corrected chi connectivity index (χ4v) is 5.28. The standard InChI is InChI=1S/C20H26F2N4OS/c1-11-7-18-23-16(8-17(19(21)22)26(18)24-11)14-5-4-6-25(9-14)20(27)15-10-28-13(3)12(15)2/h7,10,14,16-17,19,23H,4-6,8-9H2,1-3H3/t14?,16-,17+/m0/s1. The van der Waals surface area contributed by atoms with E-state index >= 15 is 0 Å². The van der Waals surface area contributed by atoms with Gasteiger partial charge >= 0.3 is 0 Å². The van der Waals surface area contributed by atoms with Crippen LogP contribution in [0.3, 0.4) is 0 Å². The summed E-state index contributed by atoms with van der Waals surface area (Å²) < 4.78 is 28.8. The van der Waals surface area contributed by atoms with Gasteiger partial charge in [-0.25, -0.2) is 13.5 Å². The zero-order valence-corrected chi connectivity index (χ0v) is 17.2. The summed E-state index contributed by atoms with van der Waals surface area (Å²) in [5, 5.41) is 9.59. The number of alkyl halides is 2. The lowest BCUT2D eigenvalue weighted by Gasteiger charge is -2.41. The first kappa shape index (κ1) is 19.4. The van der Waals surface area contributed by atoms with Crippen LogP contribution in [0, 0.1) is 26.7 Å². The number of halogens is 2. The van der Waals surface area contributed by atoms with Crippen molar-refractivity contribution in [3.8, 4) is 0 Å².